The van der Waals surface area contributed by atoms with Gasteiger partial charge < -0.3 is 9.47 Å². The molecule has 1 N–H and O–H groups in total. The summed E-state index contributed by atoms with van der Waals surface area (Å²) >= 11 is 1.28. The Morgan fingerprint density at radius 3 is 2.31 bits per heavy atom. The summed E-state index contributed by atoms with van der Waals surface area (Å²) in [6.45, 7) is 1.78. The lowest BCUT2D eigenvalue weighted by Crippen LogP contribution is -2.17. The van der Waals surface area contributed by atoms with Gasteiger partial charge in [-0.3, -0.25) is 10.1 Å². The van der Waals surface area contributed by atoms with E-state index < -0.39 is 6.36 Å². The second kappa shape index (κ2) is 10.1. The van der Waals surface area contributed by atoms with Gasteiger partial charge in [-0.15, -0.1) is 23.4 Å². The van der Waals surface area contributed by atoms with Crippen molar-refractivity contribution in [3.05, 3.63) is 88.4 Å². The molecule has 0 saturated heterocycles. The number of carbonyl (C=O) groups is 1. The van der Waals surface area contributed by atoms with E-state index in [1.807, 2.05) is 24.3 Å². The van der Waals surface area contributed by atoms with Gasteiger partial charge in [0.2, 0.25) is 5.13 Å². The van der Waals surface area contributed by atoms with Crippen LogP contribution in [0.2, 0.25) is 0 Å². The number of amides is 1. The zero-order chi connectivity index (χ0) is 25.0. The zero-order valence-corrected chi connectivity index (χ0v) is 19.5. The van der Waals surface area contributed by atoms with Crippen molar-refractivity contribution in [2.45, 2.75) is 19.7 Å². The Kier molecular flexibility index (Phi) is 7.02. The van der Waals surface area contributed by atoms with Crippen molar-refractivity contribution in [3.8, 4) is 22.6 Å². The average Bonchev–Trinajstić information content (AvgIpc) is 3.26. The number of ether oxygens (including phenoxy) is 2. The molecule has 6 nitrogen and oxygen atoms in total. The smallest absolute Gasteiger partial charge is 0.497 e. The second-order valence-electron chi connectivity index (χ2n) is 7.53. The van der Waals surface area contributed by atoms with E-state index in [9.17, 15) is 18.0 Å². The maximum Gasteiger partial charge on any atom is 0.573 e. The Bertz CT molecular complexity index is 1320. The predicted octanol–water partition coefficient (Wildman–Crippen LogP) is 6.26. The maximum absolute atomic E-state index is 12.9. The molecule has 0 radical (unpaired) electrons. The fourth-order valence-electron chi connectivity index (χ4n) is 3.49. The third-order valence-electron chi connectivity index (χ3n) is 5.18. The minimum atomic E-state index is -4.76. The van der Waals surface area contributed by atoms with Gasteiger partial charge in [0.25, 0.3) is 5.91 Å². The lowest BCUT2D eigenvalue weighted by Gasteiger charge is -2.12. The number of hydrogen-bond donors (Lipinski definition) is 1. The molecular formula is C25H20F3N3O3S. The zero-order valence-electron chi connectivity index (χ0n) is 18.7. The largest absolute Gasteiger partial charge is 0.573 e. The molecule has 0 aliphatic heterocycles. The van der Waals surface area contributed by atoms with Gasteiger partial charge in [-0.05, 0) is 59.5 Å². The van der Waals surface area contributed by atoms with Gasteiger partial charge in [-0.1, -0.05) is 47.7 Å². The molecule has 1 aromatic heterocycles. The minimum Gasteiger partial charge on any atom is -0.497 e. The van der Waals surface area contributed by atoms with Crippen LogP contribution in [0.5, 0.6) is 11.5 Å². The number of rotatable bonds is 7. The summed E-state index contributed by atoms with van der Waals surface area (Å²) in [7, 11) is 1.61. The average molecular weight is 500 g/mol. The van der Waals surface area contributed by atoms with Crippen molar-refractivity contribution >= 4 is 22.4 Å². The van der Waals surface area contributed by atoms with Crippen LogP contribution in [-0.2, 0) is 6.42 Å². The quantitative estimate of drug-likeness (QED) is 0.325. The van der Waals surface area contributed by atoms with Gasteiger partial charge in [-0.25, -0.2) is 0 Å². The van der Waals surface area contributed by atoms with Crippen LogP contribution in [0.15, 0.2) is 66.7 Å². The van der Waals surface area contributed by atoms with E-state index in [1.165, 1.54) is 35.6 Å². The van der Waals surface area contributed by atoms with Crippen LogP contribution in [0.4, 0.5) is 18.3 Å². The first kappa shape index (κ1) is 24.2. The highest BCUT2D eigenvalue weighted by atomic mass is 32.1. The molecule has 0 fully saturated rings. The topological polar surface area (TPSA) is 73.3 Å². The summed E-state index contributed by atoms with van der Waals surface area (Å²) in [5.41, 5.74) is 3.51. The lowest BCUT2D eigenvalue weighted by molar-refractivity contribution is -0.274. The Morgan fingerprint density at radius 2 is 1.66 bits per heavy atom. The fourth-order valence-corrected chi connectivity index (χ4v) is 4.26. The summed E-state index contributed by atoms with van der Waals surface area (Å²) in [6, 6.07) is 18.3. The highest BCUT2D eigenvalue weighted by Gasteiger charge is 2.31. The summed E-state index contributed by atoms with van der Waals surface area (Å²) in [6.07, 6.45) is -4.19. The standard InChI is InChI=1S/C25H20F3N3O3S/c1-15-20(17-8-12-19(13-9-17)34-25(26,27)28)4-3-5-21(15)23(32)29-24-31-30-22(35-24)14-16-6-10-18(33-2)11-7-16/h3-13H,14H2,1-2H3,(H,29,31,32). The van der Waals surface area contributed by atoms with Crippen molar-refractivity contribution in [1.29, 1.82) is 0 Å². The molecule has 4 rings (SSSR count). The summed E-state index contributed by atoms with van der Waals surface area (Å²) in [5.74, 6) is 0.102. The Morgan fingerprint density at radius 1 is 0.971 bits per heavy atom. The predicted molar refractivity (Wildman–Crippen MR) is 127 cm³/mol. The molecule has 0 bridgehead atoms. The first-order valence-electron chi connectivity index (χ1n) is 10.4. The van der Waals surface area contributed by atoms with Gasteiger partial charge >= 0.3 is 6.36 Å². The molecule has 0 saturated carbocycles. The summed E-state index contributed by atoms with van der Waals surface area (Å²) in [4.78, 5) is 12.9. The van der Waals surface area contributed by atoms with E-state index in [0.717, 1.165) is 16.3 Å². The van der Waals surface area contributed by atoms with Gasteiger partial charge in [0.15, 0.2) is 0 Å². The highest BCUT2D eigenvalue weighted by molar-refractivity contribution is 7.15. The van der Waals surface area contributed by atoms with E-state index in [0.29, 0.717) is 33.8 Å². The molecule has 0 unspecified atom stereocenters. The molecule has 0 aliphatic carbocycles. The van der Waals surface area contributed by atoms with Gasteiger partial charge in [0.1, 0.15) is 16.5 Å². The SMILES string of the molecule is COc1ccc(Cc2nnc(NC(=O)c3cccc(-c4ccc(OC(F)(F)F)cc4)c3C)s2)cc1. The van der Waals surface area contributed by atoms with E-state index >= 15 is 0 Å². The first-order valence-corrected chi connectivity index (χ1v) is 11.3. The van der Waals surface area contributed by atoms with Crippen molar-refractivity contribution in [3.63, 3.8) is 0 Å². The van der Waals surface area contributed by atoms with Crippen LogP contribution in [0, 0.1) is 6.92 Å². The highest BCUT2D eigenvalue weighted by Crippen LogP contribution is 2.30. The second-order valence-corrected chi connectivity index (χ2v) is 8.59. The molecule has 1 heterocycles. The molecule has 180 valence electrons. The molecular weight excluding hydrogens is 479 g/mol. The number of carbonyl (C=O) groups excluding carboxylic acids is 1. The first-order chi connectivity index (χ1) is 16.7. The van der Waals surface area contributed by atoms with Crippen molar-refractivity contribution in [2.75, 3.05) is 12.4 Å². The molecule has 4 aromatic rings. The molecule has 0 aliphatic rings. The van der Waals surface area contributed by atoms with Crippen molar-refractivity contribution < 1.29 is 27.4 Å². The van der Waals surface area contributed by atoms with Crippen molar-refractivity contribution in [1.82, 2.24) is 10.2 Å². The molecule has 35 heavy (non-hydrogen) atoms. The van der Waals surface area contributed by atoms with E-state index in [1.54, 1.807) is 32.2 Å². The van der Waals surface area contributed by atoms with E-state index in [4.69, 9.17) is 4.74 Å². The molecule has 1 amide bonds. The Balaban J connectivity index is 1.46. The monoisotopic (exact) mass is 499 g/mol. The number of nitrogens with one attached hydrogen (secondary N) is 1. The van der Waals surface area contributed by atoms with Gasteiger partial charge in [0.05, 0.1) is 7.11 Å². The lowest BCUT2D eigenvalue weighted by atomic mass is 9.96. The van der Waals surface area contributed by atoms with Crippen LogP contribution >= 0.6 is 11.3 Å². The number of nitrogens with zero attached hydrogens (tertiary/aromatic N) is 2. The number of benzene rings is 3. The van der Waals surface area contributed by atoms with Gasteiger partial charge in [-0.2, -0.15) is 0 Å². The third kappa shape index (κ3) is 6.15. The number of alkyl halides is 3. The molecule has 10 heteroatoms. The summed E-state index contributed by atoms with van der Waals surface area (Å²) in [5, 5.41) is 12.1. The minimum absolute atomic E-state index is 0.311. The summed E-state index contributed by atoms with van der Waals surface area (Å²) < 4.78 is 46.3. The maximum atomic E-state index is 12.9. The van der Waals surface area contributed by atoms with Crippen LogP contribution in [-0.4, -0.2) is 29.6 Å². The van der Waals surface area contributed by atoms with Crippen LogP contribution in [0.3, 0.4) is 0 Å². The number of hydrogen-bond acceptors (Lipinski definition) is 6. The van der Waals surface area contributed by atoms with Crippen molar-refractivity contribution in [2.24, 2.45) is 0 Å². The molecule has 3 aromatic carbocycles. The van der Waals surface area contributed by atoms with E-state index in [2.05, 4.69) is 20.3 Å². The van der Waals surface area contributed by atoms with Crippen LogP contribution < -0.4 is 14.8 Å². The fraction of sp³-hybridized carbons (Fsp3) is 0.160. The third-order valence-corrected chi connectivity index (χ3v) is 6.02. The Hall–Kier alpha value is -3.92. The number of aromatic nitrogens is 2. The van der Waals surface area contributed by atoms with Gasteiger partial charge in [0, 0.05) is 12.0 Å². The number of anilines is 1. The Labute approximate surface area is 203 Å². The van der Waals surface area contributed by atoms with Crippen LogP contribution in [0.25, 0.3) is 11.1 Å². The molecule has 0 spiro atoms. The molecule has 0 atom stereocenters. The number of methoxy groups -OCH3 is 1. The normalized spacial score (nSPS) is 11.2. The van der Waals surface area contributed by atoms with Crippen LogP contribution in [0.1, 0.15) is 26.5 Å². The van der Waals surface area contributed by atoms with E-state index in [-0.39, 0.29) is 11.7 Å². The number of halogens is 3.